The van der Waals surface area contributed by atoms with Crippen molar-refractivity contribution in [3.05, 3.63) is 138 Å². The second-order valence-corrected chi connectivity index (χ2v) is 41.7. The Balaban J connectivity index is -0.000000321. The minimum atomic E-state index is -3.72. The topological polar surface area (TPSA) is 528 Å². The molecule has 0 radical (unpaired) electrons. The molecule has 0 aliphatic carbocycles. The van der Waals surface area contributed by atoms with E-state index in [0.29, 0.717) is 46.9 Å². The van der Waals surface area contributed by atoms with E-state index < -0.39 is 103 Å². The number of amides is 1. The van der Waals surface area contributed by atoms with Gasteiger partial charge in [-0.3, -0.25) is 10.1 Å². The molecule has 3 aliphatic heterocycles. The Morgan fingerprint density at radius 2 is 0.861 bits per heavy atom. The van der Waals surface area contributed by atoms with Crippen molar-refractivity contribution in [3.8, 4) is 4.98 Å². The summed E-state index contributed by atoms with van der Waals surface area (Å²) >= 11 is 15.4. The van der Waals surface area contributed by atoms with Crippen molar-refractivity contribution in [1.29, 1.82) is 5.26 Å². The number of halogens is 5. The van der Waals surface area contributed by atoms with Crippen LogP contribution in [-0.2, 0) is 81.2 Å². The summed E-state index contributed by atoms with van der Waals surface area (Å²) in [4.78, 5) is 82.4. The van der Waals surface area contributed by atoms with Gasteiger partial charge in [0.1, 0.15) is 85.6 Å². The number of aliphatic imine (C=N–C) groups is 3. The van der Waals surface area contributed by atoms with E-state index in [2.05, 4.69) is 160 Å². The molecule has 1 amide bonds. The van der Waals surface area contributed by atoms with E-state index in [4.69, 9.17) is 47.5 Å². The van der Waals surface area contributed by atoms with Gasteiger partial charge in [0.15, 0.2) is 5.78 Å². The van der Waals surface area contributed by atoms with Gasteiger partial charge in [-0.05, 0) is 262 Å². The maximum Gasteiger partial charge on any atom is 0.519 e. The summed E-state index contributed by atoms with van der Waals surface area (Å²) in [6.07, 6.45) is -2.91. The van der Waals surface area contributed by atoms with E-state index in [1.54, 1.807) is 207 Å². The van der Waals surface area contributed by atoms with Crippen LogP contribution in [0.1, 0.15) is 209 Å². The number of ether oxygens (including phenoxy) is 4. The maximum atomic E-state index is 12.5. The van der Waals surface area contributed by atoms with Crippen LogP contribution >= 0.6 is 79.6 Å². The number of alkyl carbamates (subject to hydrolysis) is 1. The molecule has 0 spiro atoms. The lowest BCUT2D eigenvalue weighted by Gasteiger charge is -2.35. The Kier molecular flexibility index (Phi) is 54.8. The highest BCUT2D eigenvalue weighted by Crippen LogP contribution is 2.34. The quantitative estimate of drug-likeness (QED) is 0.0212. The number of carbonyl (C=O) groups is 4. The molecule has 0 aromatic carbocycles. The summed E-state index contributed by atoms with van der Waals surface area (Å²) in [7, 11) is -8.54. The third kappa shape index (κ3) is 47.7. The molecule has 122 heavy (non-hydrogen) atoms. The van der Waals surface area contributed by atoms with Crippen molar-refractivity contribution in [2.75, 3.05) is 76.6 Å². The highest BCUT2D eigenvalue weighted by molar-refractivity contribution is 9.12. The zero-order chi connectivity index (χ0) is 91.3. The largest absolute Gasteiger partial charge is 0.519 e. The number of rotatable bonds is 11. The Labute approximate surface area is 768 Å². The molecule has 0 unspecified atom stereocenters. The van der Waals surface area contributed by atoms with Crippen LogP contribution in [0.3, 0.4) is 0 Å². The van der Waals surface area contributed by atoms with Gasteiger partial charge in [-0.25, -0.2) is 106 Å². The van der Waals surface area contributed by atoms with Gasteiger partial charge >= 0.3 is 18.4 Å². The molecule has 696 valence electrons. The Bertz CT molecular complexity index is 4630. The first-order chi connectivity index (χ1) is 53.0. The number of Topliss-reactive ketones (excluding diaryl/α,β-unsaturated/α-hetero) is 1. The zero-order valence-corrected chi connectivity index (χ0v) is 81.4. The lowest BCUT2D eigenvalue weighted by atomic mass is 10.0. The van der Waals surface area contributed by atoms with Crippen LogP contribution in [0.5, 0.6) is 0 Å². The highest BCUT2D eigenvalue weighted by atomic mass is 79.9. The second-order valence-electron chi connectivity index (χ2n) is 30.2. The molecule has 0 fully saturated rings. The number of sulfonamides is 4. The zero-order valence-electron chi connectivity index (χ0n) is 70.2. The number of nitrogen functional groups attached to an aromatic ring is 1. The molecule has 0 saturated heterocycles. The lowest BCUT2D eigenvalue weighted by Crippen LogP contribution is -2.54. The van der Waals surface area contributed by atoms with Crippen molar-refractivity contribution in [1.82, 2.24) is 52.8 Å². The van der Waals surface area contributed by atoms with Crippen molar-refractivity contribution >= 4 is 168 Å². The number of hydrogen-bond donors (Lipinski definition) is 7. The van der Waals surface area contributed by atoms with E-state index >= 15 is 0 Å². The summed E-state index contributed by atoms with van der Waals surface area (Å²) in [5.41, 5.74) is 18.8. The number of carbonyl (C=O) groups excluding carboxylic acids is 4. The predicted octanol–water partition coefficient (Wildman–Crippen LogP) is 14.0. The smallest absolute Gasteiger partial charge is 0.444 e. The number of guanidine groups is 3. The van der Waals surface area contributed by atoms with Gasteiger partial charge in [-0.1, -0.05) is 88.2 Å². The number of ketones is 1. The summed E-state index contributed by atoms with van der Waals surface area (Å²) < 4.78 is 123. The fourth-order valence-electron chi connectivity index (χ4n) is 9.04. The third-order valence-electron chi connectivity index (χ3n) is 14.6. The van der Waals surface area contributed by atoms with Gasteiger partial charge < -0.3 is 51.9 Å². The van der Waals surface area contributed by atoms with E-state index in [0.717, 1.165) is 12.9 Å². The van der Waals surface area contributed by atoms with Crippen LogP contribution in [0.15, 0.2) is 124 Å². The Hall–Kier alpha value is -7.23. The Morgan fingerprint density at radius 1 is 0.549 bits per heavy atom. The monoisotopic (exact) mass is 2120 g/mol. The molecule has 36 nitrogen and oxygen atoms in total. The fraction of sp³-hybridized carbons (Fsp3) is 0.571. The number of nitriles is 1. The van der Waals surface area contributed by atoms with E-state index in [1.165, 1.54) is 54.7 Å². The summed E-state index contributed by atoms with van der Waals surface area (Å²) in [6, 6.07) is 26.0. The van der Waals surface area contributed by atoms with Gasteiger partial charge in [0.25, 0.3) is 0 Å². The molecule has 0 bridgehead atoms. The number of nitrogens with two attached hydrogens (primary N) is 4. The van der Waals surface area contributed by atoms with Gasteiger partial charge in [0.05, 0.1) is 39.7 Å². The lowest BCUT2D eigenvalue weighted by molar-refractivity contribution is -0.0295. The molecule has 8 rings (SSSR count). The molecule has 8 heterocycles. The average molecular weight is 2120 g/mol. The van der Waals surface area contributed by atoms with Crippen molar-refractivity contribution in [2.45, 2.75) is 220 Å². The highest BCUT2D eigenvalue weighted by Gasteiger charge is 2.45. The first-order valence-electron chi connectivity index (χ1n) is 35.3. The van der Waals surface area contributed by atoms with Gasteiger partial charge in [-0.2, -0.15) is 5.26 Å². The number of aromatic nitrogens is 5. The Morgan fingerprint density at radius 3 is 1.15 bits per heavy atom. The molecule has 4 atom stereocenters. The van der Waals surface area contributed by atoms with E-state index in [9.17, 15) is 52.8 Å². The SMILES string of the molecule is C.C.C.C.C.CC(=O)c1cccc(Br)n1.CC(C)(C)O.CC(C)(C)OC(=O)OC(=O)OC(C)(C)C.CCN(CC)CC.CN1C(N)=N[C@](C)(c2cccc(Br)n2)CS1(=O)=O.CN1C(N)=N[C@](C)(c2cccc(Br)n2)CS1(=O)=O.CN1C(NC(=O)OC(C)(C)C)=N[C@](C)(c2cccc(N)n2)CS1(=O)=O.CNS(=O)(=O)C[C@](C)(N)c1cccc(Br)n1.N#CBr. The van der Waals surface area contributed by atoms with Crippen LogP contribution in [0.25, 0.3) is 0 Å². The van der Waals surface area contributed by atoms with Crippen molar-refractivity contribution in [3.63, 3.8) is 0 Å². The van der Waals surface area contributed by atoms with Gasteiger partial charge in [0.2, 0.25) is 58.0 Å². The minimum Gasteiger partial charge on any atom is -0.444 e. The van der Waals surface area contributed by atoms with Crippen LogP contribution in [-0.4, -0.2) is 217 Å². The summed E-state index contributed by atoms with van der Waals surface area (Å²) in [5.74, 6) is -0.746. The summed E-state index contributed by atoms with van der Waals surface area (Å²) in [5, 5.41) is 18.2. The summed E-state index contributed by atoms with van der Waals surface area (Å²) in [6.45, 7) is 38.7. The van der Waals surface area contributed by atoms with E-state index in [1.807, 2.05) is 0 Å². The van der Waals surface area contributed by atoms with Crippen LogP contribution in [0.2, 0.25) is 0 Å². The van der Waals surface area contributed by atoms with Crippen molar-refractivity contribution in [2.24, 2.45) is 32.2 Å². The second kappa shape index (κ2) is 53.3. The number of hydrogen-bond acceptors (Lipinski definition) is 31. The third-order valence-corrected chi connectivity index (χ3v) is 23.8. The predicted molar refractivity (Wildman–Crippen MR) is 505 cm³/mol. The van der Waals surface area contributed by atoms with Gasteiger partial charge in [-0.15, -0.1) is 0 Å². The normalized spacial score (nSPS) is 18.1. The fourth-order valence-corrected chi connectivity index (χ4v) is 15.8. The van der Waals surface area contributed by atoms with E-state index in [-0.39, 0.29) is 89.6 Å². The maximum absolute atomic E-state index is 12.5. The number of pyridine rings is 5. The average Bonchev–Trinajstić information content (AvgIpc) is 0.774. The molecule has 11 N–H and O–H groups in total. The number of nitrogens with zero attached hydrogens (tertiary/aromatic N) is 13. The van der Waals surface area contributed by atoms with Crippen LogP contribution in [0.4, 0.5) is 20.2 Å². The molecular weight excluding hydrogens is 1990 g/mol. The van der Waals surface area contributed by atoms with Crippen LogP contribution in [0, 0.1) is 10.2 Å². The molecule has 5 aromatic heterocycles. The standard InChI is InChI=1S/C15H23N5O4S.2C10H13BrN4O2S.C10H18O5.C9H14BrN3O2S.C7H6BrNO.C6H15N.C4H10O.CBrN.5CH4/c1-14(2,3)24-13(21)18-12-19-15(4,9-25(22,23)20(12)5)10-7-6-8-11(16)17-10;2*1-10(7-4-3-5-8(11)13-7)6-18(16,17)15(2)9(12)14-10;1-9(2,3)14-7(11)13-8(12)15-10(4,5)6;1-9(11,6-16(14,15)12-2)7-4-3-5-8(10)13-7;1-5(10)6-3-2-4-7(8)9-6;1-4-7(5-2)6-3;1-4(2,3)5;2-1-3;;;;;/h6-8H,9H2,1-5H3,(H2,16,17)(H,18,19,21);2*3-5H,6H2,1-2H3,(H2,12,14);1-6H3;3-5,12H,6,11H2,1-2H3;2-4H,1H3;4-6H2,1-3H3;5H,1-3H3;;5*1H4/t15-;2*10-;;9-;;;;;;;;;/m000.0........./s1. The van der Waals surface area contributed by atoms with Gasteiger partial charge in [0, 0.05) is 44.0 Å². The molecule has 5 aromatic rings. The number of aliphatic hydroxyl groups is 1. The molecular formula is C77H132Br5N19O17S4. The number of nitrogens with one attached hydrogen (secondary N) is 2. The number of anilines is 1. The molecule has 3 aliphatic rings. The first kappa shape index (κ1) is 126. The molecule has 0 saturated carbocycles. The first-order valence-corrected chi connectivity index (χ1v) is 45.7. The molecule has 45 heteroatoms. The van der Waals surface area contributed by atoms with Crippen molar-refractivity contribution < 1.29 is 76.9 Å². The minimum absolute atomic E-state index is 0. The van der Waals surface area contributed by atoms with Crippen LogP contribution < -0.4 is 33.0 Å².